The summed E-state index contributed by atoms with van der Waals surface area (Å²) in [6.07, 6.45) is 6.28. The zero-order valence-corrected chi connectivity index (χ0v) is 18.7. The number of hydrogen-bond acceptors (Lipinski definition) is 4. The Labute approximate surface area is 188 Å². The Morgan fingerprint density at radius 1 is 1.13 bits per heavy atom. The van der Waals surface area contributed by atoms with Gasteiger partial charge in [-0.05, 0) is 74.3 Å². The van der Waals surface area contributed by atoms with Crippen LogP contribution in [-0.4, -0.2) is 41.5 Å². The van der Waals surface area contributed by atoms with Crippen LogP contribution >= 0.6 is 11.6 Å². The Morgan fingerprint density at radius 3 is 2.65 bits per heavy atom. The second-order valence-electron chi connectivity index (χ2n) is 8.17. The molecule has 31 heavy (non-hydrogen) atoms. The molecular formula is C25H29ClN4O. The first-order valence-corrected chi connectivity index (χ1v) is 11.4. The number of benzene rings is 2. The molecule has 2 N–H and O–H groups in total. The number of amides is 1. The highest BCUT2D eigenvalue weighted by Crippen LogP contribution is 2.27. The monoisotopic (exact) mass is 436 g/mol. The Balaban J connectivity index is 1.35. The number of anilines is 2. The minimum absolute atomic E-state index is 0.00237. The van der Waals surface area contributed by atoms with Gasteiger partial charge in [0.25, 0.3) is 5.91 Å². The lowest BCUT2D eigenvalue weighted by molar-refractivity contribution is 0.0911. The highest BCUT2D eigenvalue weighted by Gasteiger charge is 2.20. The van der Waals surface area contributed by atoms with Crippen molar-refractivity contribution < 1.29 is 4.79 Å². The summed E-state index contributed by atoms with van der Waals surface area (Å²) in [4.78, 5) is 19.6. The van der Waals surface area contributed by atoms with Crippen LogP contribution < -0.4 is 10.6 Å². The van der Waals surface area contributed by atoms with Gasteiger partial charge in [0.2, 0.25) is 0 Å². The number of unbranched alkanes of at least 4 members (excludes halogenated alkanes) is 1. The number of rotatable bonds is 7. The van der Waals surface area contributed by atoms with Crippen molar-refractivity contribution in [2.75, 3.05) is 25.0 Å². The summed E-state index contributed by atoms with van der Waals surface area (Å²) >= 11 is 6.07. The zero-order valence-electron chi connectivity index (χ0n) is 17.9. The van der Waals surface area contributed by atoms with Gasteiger partial charge < -0.3 is 15.5 Å². The Kier molecular flexibility index (Phi) is 7.05. The Bertz CT molecular complexity index is 1030. The van der Waals surface area contributed by atoms with Crippen LogP contribution in [0.25, 0.3) is 10.9 Å². The lowest BCUT2D eigenvalue weighted by Crippen LogP contribution is -2.44. The predicted molar refractivity (Wildman–Crippen MR) is 128 cm³/mol. The molecule has 1 aliphatic heterocycles. The number of pyridine rings is 1. The van der Waals surface area contributed by atoms with Gasteiger partial charge in [-0.1, -0.05) is 24.9 Å². The topological polar surface area (TPSA) is 57.3 Å². The molecule has 0 unspecified atom stereocenters. The summed E-state index contributed by atoms with van der Waals surface area (Å²) in [5, 5.41) is 8.28. The average molecular weight is 437 g/mol. The molecule has 4 rings (SSSR count). The molecule has 2 heterocycles. The number of carbonyl (C=O) groups excluding carboxylic acids is 1. The summed E-state index contributed by atoms with van der Waals surface area (Å²) in [6, 6.07) is 15.5. The molecule has 0 atom stereocenters. The molecule has 3 aromatic rings. The van der Waals surface area contributed by atoms with E-state index >= 15 is 0 Å². The number of likely N-dealkylation sites (tertiary alicyclic amines) is 1. The van der Waals surface area contributed by atoms with Crippen LogP contribution in [0.3, 0.4) is 0 Å². The van der Waals surface area contributed by atoms with Crippen LogP contribution in [0.4, 0.5) is 11.4 Å². The van der Waals surface area contributed by atoms with E-state index < -0.39 is 0 Å². The fourth-order valence-electron chi connectivity index (χ4n) is 4.04. The summed E-state index contributed by atoms with van der Waals surface area (Å²) in [5.74, 6) is 0.00237. The SMILES string of the molecule is CCCCN1CCC(NC(=O)c2ccc(Nc3ccnc4cc(Cl)ccc34)cc2)CC1. The van der Waals surface area contributed by atoms with Gasteiger partial charge in [-0.15, -0.1) is 0 Å². The molecule has 1 amide bonds. The highest BCUT2D eigenvalue weighted by atomic mass is 35.5. The third kappa shape index (κ3) is 5.54. The van der Waals surface area contributed by atoms with E-state index in [0.29, 0.717) is 10.6 Å². The number of hydrogen-bond donors (Lipinski definition) is 2. The molecule has 0 bridgehead atoms. The fourth-order valence-corrected chi connectivity index (χ4v) is 4.21. The van der Waals surface area contributed by atoms with E-state index in [9.17, 15) is 4.79 Å². The maximum absolute atomic E-state index is 12.7. The minimum atomic E-state index is 0.00237. The van der Waals surface area contributed by atoms with Gasteiger partial charge in [0.15, 0.2) is 0 Å². The summed E-state index contributed by atoms with van der Waals surface area (Å²) in [7, 11) is 0. The lowest BCUT2D eigenvalue weighted by atomic mass is 10.0. The van der Waals surface area contributed by atoms with E-state index in [4.69, 9.17) is 11.6 Å². The standard InChI is InChI=1S/C25H29ClN4O/c1-2-3-14-30-15-11-21(12-16-30)29-25(31)18-4-7-20(8-5-18)28-23-10-13-27-24-17-19(26)6-9-22(23)24/h4-10,13,17,21H,2-3,11-12,14-16H2,1H3,(H,27,28)(H,29,31). The van der Waals surface area contributed by atoms with E-state index in [1.165, 1.54) is 19.4 Å². The van der Waals surface area contributed by atoms with E-state index in [-0.39, 0.29) is 11.9 Å². The highest BCUT2D eigenvalue weighted by molar-refractivity contribution is 6.31. The van der Waals surface area contributed by atoms with E-state index in [1.807, 2.05) is 48.5 Å². The van der Waals surface area contributed by atoms with Gasteiger partial charge in [0.1, 0.15) is 0 Å². The number of nitrogens with zero attached hydrogens (tertiary/aromatic N) is 2. The largest absolute Gasteiger partial charge is 0.355 e. The van der Waals surface area contributed by atoms with Crippen molar-refractivity contribution in [3.63, 3.8) is 0 Å². The maximum Gasteiger partial charge on any atom is 0.251 e. The number of halogens is 1. The molecular weight excluding hydrogens is 408 g/mol. The van der Waals surface area contributed by atoms with Crippen LogP contribution in [0.15, 0.2) is 54.7 Å². The number of piperidine rings is 1. The number of fused-ring (bicyclic) bond motifs is 1. The first kappa shape index (κ1) is 21.6. The second-order valence-corrected chi connectivity index (χ2v) is 8.60. The molecule has 0 aliphatic carbocycles. The van der Waals surface area contributed by atoms with Crippen LogP contribution in [0, 0.1) is 0 Å². The summed E-state index contributed by atoms with van der Waals surface area (Å²) < 4.78 is 0. The molecule has 1 fully saturated rings. The van der Waals surface area contributed by atoms with Crippen LogP contribution in [0.2, 0.25) is 5.02 Å². The molecule has 0 saturated carbocycles. The molecule has 0 radical (unpaired) electrons. The summed E-state index contributed by atoms with van der Waals surface area (Å²) in [6.45, 7) is 5.53. The first-order chi connectivity index (χ1) is 15.1. The van der Waals surface area contributed by atoms with Gasteiger partial charge in [-0.3, -0.25) is 9.78 Å². The molecule has 1 aliphatic rings. The molecule has 5 nitrogen and oxygen atoms in total. The molecule has 162 valence electrons. The molecule has 1 aromatic heterocycles. The van der Waals surface area contributed by atoms with Crippen molar-refractivity contribution in [1.29, 1.82) is 0 Å². The molecule has 0 spiro atoms. The van der Waals surface area contributed by atoms with Crippen LogP contribution in [0.1, 0.15) is 43.0 Å². The van der Waals surface area contributed by atoms with E-state index in [0.717, 1.165) is 48.2 Å². The lowest BCUT2D eigenvalue weighted by Gasteiger charge is -2.32. The molecule has 1 saturated heterocycles. The van der Waals surface area contributed by atoms with Crippen molar-refractivity contribution in [1.82, 2.24) is 15.2 Å². The number of nitrogens with one attached hydrogen (secondary N) is 2. The van der Waals surface area contributed by atoms with Crippen molar-refractivity contribution in [3.8, 4) is 0 Å². The van der Waals surface area contributed by atoms with Crippen molar-refractivity contribution in [3.05, 3.63) is 65.3 Å². The first-order valence-electron chi connectivity index (χ1n) is 11.1. The third-order valence-electron chi connectivity index (χ3n) is 5.88. The number of aromatic nitrogens is 1. The maximum atomic E-state index is 12.7. The van der Waals surface area contributed by atoms with Gasteiger partial charge in [-0.25, -0.2) is 0 Å². The minimum Gasteiger partial charge on any atom is -0.355 e. The fraction of sp³-hybridized carbons (Fsp3) is 0.360. The van der Waals surface area contributed by atoms with Crippen molar-refractivity contribution in [2.24, 2.45) is 0 Å². The quantitative estimate of drug-likeness (QED) is 0.504. The second kappa shape index (κ2) is 10.1. The van der Waals surface area contributed by atoms with E-state index in [2.05, 4.69) is 27.4 Å². The molecule has 2 aromatic carbocycles. The van der Waals surface area contributed by atoms with Crippen LogP contribution in [-0.2, 0) is 0 Å². The summed E-state index contributed by atoms with van der Waals surface area (Å²) in [5.41, 5.74) is 3.40. The van der Waals surface area contributed by atoms with Crippen molar-refractivity contribution >= 4 is 39.8 Å². The smallest absolute Gasteiger partial charge is 0.251 e. The van der Waals surface area contributed by atoms with Gasteiger partial charge in [0.05, 0.1) is 5.52 Å². The normalized spacial score (nSPS) is 15.2. The zero-order chi connectivity index (χ0) is 21.6. The average Bonchev–Trinajstić information content (AvgIpc) is 2.79. The number of carbonyl (C=O) groups is 1. The van der Waals surface area contributed by atoms with Crippen molar-refractivity contribution in [2.45, 2.75) is 38.6 Å². The third-order valence-corrected chi connectivity index (χ3v) is 6.12. The molecule has 6 heteroatoms. The Morgan fingerprint density at radius 2 is 1.90 bits per heavy atom. The van der Waals surface area contributed by atoms with Gasteiger partial charge >= 0.3 is 0 Å². The predicted octanol–water partition coefficient (Wildman–Crippen LogP) is 5.63. The Hall–Kier alpha value is -2.63. The van der Waals surface area contributed by atoms with Crippen LogP contribution in [0.5, 0.6) is 0 Å². The van der Waals surface area contributed by atoms with E-state index in [1.54, 1.807) is 6.20 Å². The van der Waals surface area contributed by atoms with Gasteiger partial charge in [0, 0.05) is 52.7 Å². The van der Waals surface area contributed by atoms with Gasteiger partial charge in [-0.2, -0.15) is 0 Å².